The summed E-state index contributed by atoms with van der Waals surface area (Å²) in [6.45, 7) is 3.74. The van der Waals surface area contributed by atoms with Crippen LogP contribution in [0.2, 0.25) is 0 Å². The zero-order valence-corrected chi connectivity index (χ0v) is 19.1. The number of hydrogen-bond acceptors (Lipinski definition) is 8. The van der Waals surface area contributed by atoms with Gasteiger partial charge in [-0.05, 0) is 25.2 Å². The predicted octanol–water partition coefficient (Wildman–Crippen LogP) is 2.79. The summed E-state index contributed by atoms with van der Waals surface area (Å²) in [5.74, 6) is 0.919. The van der Waals surface area contributed by atoms with Crippen LogP contribution in [0.15, 0.2) is 49.2 Å². The summed E-state index contributed by atoms with van der Waals surface area (Å²) in [6.07, 6.45) is 8.46. The van der Waals surface area contributed by atoms with E-state index in [4.69, 9.17) is 0 Å². The van der Waals surface area contributed by atoms with Crippen LogP contribution in [-0.2, 0) is 6.61 Å². The first-order valence-electron chi connectivity index (χ1n) is 11.4. The number of hydrogen-bond donors (Lipinski definition) is 3. The SMILES string of the molecule is CN1CCN(c2ccc(Nc3ncc4c(-c5cc(F)c6ncc(CO)n6c5)c[nH]c4n3)cn2)CC1. The van der Waals surface area contributed by atoms with Crippen LogP contribution in [-0.4, -0.2) is 72.6 Å². The van der Waals surface area contributed by atoms with Crippen LogP contribution < -0.4 is 10.2 Å². The minimum absolute atomic E-state index is 0.174. The Bertz CT molecular complexity index is 1500. The van der Waals surface area contributed by atoms with Crippen molar-refractivity contribution in [2.24, 2.45) is 0 Å². The Balaban J connectivity index is 1.24. The van der Waals surface area contributed by atoms with Crippen molar-refractivity contribution in [3.63, 3.8) is 0 Å². The third kappa shape index (κ3) is 3.94. The average Bonchev–Trinajstić information content (AvgIpc) is 3.49. The van der Waals surface area contributed by atoms with Gasteiger partial charge in [0, 0.05) is 61.3 Å². The Morgan fingerprint density at radius 1 is 1.09 bits per heavy atom. The van der Waals surface area contributed by atoms with Crippen molar-refractivity contribution in [1.82, 2.24) is 34.2 Å². The maximum atomic E-state index is 14.6. The van der Waals surface area contributed by atoms with E-state index in [1.807, 2.05) is 12.1 Å². The fourth-order valence-electron chi connectivity index (χ4n) is 4.38. The average molecular weight is 474 g/mol. The predicted molar refractivity (Wildman–Crippen MR) is 131 cm³/mol. The number of imidazole rings is 1. The van der Waals surface area contributed by atoms with Crippen molar-refractivity contribution in [3.8, 4) is 11.1 Å². The highest BCUT2D eigenvalue weighted by molar-refractivity contribution is 5.93. The fourth-order valence-corrected chi connectivity index (χ4v) is 4.38. The van der Waals surface area contributed by atoms with E-state index in [0.29, 0.717) is 22.9 Å². The Labute approximate surface area is 200 Å². The van der Waals surface area contributed by atoms with Crippen LogP contribution in [0, 0.1) is 5.82 Å². The number of anilines is 3. The molecule has 0 radical (unpaired) electrons. The van der Waals surface area contributed by atoms with Crippen LogP contribution in [0.5, 0.6) is 0 Å². The highest BCUT2D eigenvalue weighted by Crippen LogP contribution is 2.30. The molecule has 3 N–H and O–H groups in total. The number of aliphatic hydroxyl groups is 1. The molecule has 0 spiro atoms. The van der Waals surface area contributed by atoms with Crippen LogP contribution in [0.4, 0.5) is 21.8 Å². The topological polar surface area (TPSA) is 110 Å². The molecule has 0 unspecified atom stereocenters. The lowest BCUT2D eigenvalue weighted by atomic mass is 10.1. The van der Waals surface area contributed by atoms with E-state index in [1.54, 1.807) is 29.2 Å². The second-order valence-electron chi connectivity index (χ2n) is 8.66. The van der Waals surface area contributed by atoms with Gasteiger partial charge in [0.2, 0.25) is 5.95 Å². The third-order valence-corrected chi connectivity index (χ3v) is 6.37. The van der Waals surface area contributed by atoms with Gasteiger partial charge in [-0.2, -0.15) is 4.98 Å². The van der Waals surface area contributed by atoms with Gasteiger partial charge in [0.1, 0.15) is 11.5 Å². The first-order valence-corrected chi connectivity index (χ1v) is 11.4. The molecular weight excluding hydrogens is 449 g/mol. The maximum absolute atomic E-state index is 14.6. The summed E-state index contributed by atoms with van der Waals surface area (Å²) < 4.78 is 16.2. The van der Waals surface area contributed by atoms with Gasteiger partial charge in [-0.3, -0.25) is 4.40 Å². The van der Waals surface area contributed by atoms with Gasteiger partial charge in [0.05, 0.1) is 30.4 Å². The second kappa shape index (κ2) is 8.60. The molecule has 0 amide bonds. The largest absolute Gasteiger partial charge is 0.390 e. The van der Waals surface area contributed by atoms with E-state index in [2.05, 4.69) is 47.1 Å². The monoisotopic (exact) mass is 473 g/mol. The van der Waals surface area contributed by atoms with Gasteiger partial charge in [-0.15, -0.1) is 0 Å². The zero-order chi connectivity index (χ0) is 23.9. The molecule has 0 atom stereocenters. The number of rotatable bonds is 5. The van der Waals surface area contributed by atoms with Crippen molar-refractivity contribution in [2.75, 3.05) is 43.4 Å². The number of fused-ring (bicyclic) bond motifs is 2. The molecule has 0 aliphatic carbocycles. The molecule has 6 heterocycles. The maximum Gasteiger partial charge on any atom is 0.229 e. The minimum Gasteiger partial charge on any atom is -0.390 e. The molecule has 0 aromatic carbocycles. The zero-order valence-electron chi connectivity index (χ0n) is 19.1. The Morgan fingerprint density at radius 3 is 2.71 bits per heavy atom. The van der Waals surface area contributed by atoms with Crippen LogP contribution in [0.25, 0.3) is 27.8 Å². The van der Waals surface area contributed by atoms with E-state index < -0.39 is 5.82 Å². The molecule has 1 aliphatic heterocycles. The number of aliphatic hydroxyl groups excluding tert-OH is 1. The van der Waals surface area contributed by atoms with Gasteiger partial charge in [0.15, 0.2) is 11.5 Å². The van der Waals surface area contributed by atoms with E-state index in [-0.39, 0.29) is 12.3 Å². The summed E-state index contributed by atoms with van der Waals surface area (Å²) in [6, 6.07) is 5.39. The molecule has 5 aromatic rings. The molecule has 178 valence electrons. The first-order chi connectivity index (χ1) is 17.1. The second-order valence-corrected chi connectivity index (χ2v) is 8.66. The number of halogens is 1. The summed E-state index contributed by atoms with van der Waals surface area (Å²) >= 11 is 0. The minimum atomic E-state index is -0.469. The lowest BCUT2D eigenvalue weighted by Crippen LogP contribution is -2.44. The smallest absolute Gasteiger partial charge is 0.229 e. The number of piperazine rings is 1. The molecule has 10 nitrogen and oxygen atoms in total. The summed E-state index contributed by atoms with van der Waals surface area (Å²) in [5, 5.41) is 13.5. The molecule has 0 saturated carbocycles. The van der Waals surface area contributed by atoms with E-state index in [1.165, 1.54) is 12.3 Å². The fraction of sp³-hybridized carbons (Fsp3) is 0.250. The number of aromatic nitrogens is 6. The summed E-state index contributed by atoms with van der Waals surface area (Å²) in [4.78, 5) is 25.4. The molecule has 1 fully saturated rings. The van der Waals surface area contributed by atoms with E-state index in [9.17, 15) is 9.50 Å². The van der Waals surface area contributed by atoms with Crippen LogP contribution in [0.1, 0.15) is 5.69 Å². The van der Waals surface area contributed by atoms with Crippen molar-refractivity contribution in [3.05, 3.63) is 60.7 Å². The Morgan fingerprint density at radius 2 is 1.94 bits per heavy atom. The van der Waals surface area contributed by atoms with Crippen LogP contribution in [0.3, 0.4) is 0 Å². The van der Waals surface area contributed by atoms with E-state index >= 15 is 0 Å². The highest BCUT2D eigenvalue weighted by atomic mass is 19.1. The lowest BCUT2D eigenvalue weighted by molar-refractivity contribution is 0.276. The number of nitrogens with one attached hydrogen (secondary N) is 2. The first kappa shape index (κ1) is 21.4. The molecular formula is C24H24FN9O. The summed E-state index contributed by atoms with van der Waals surface area (Å²) in [7, 11) is 2.13. The molecule has 0 bridgehead atoms. The number of aromatic amines is 1. The number of pyridine rings is 2. The molecule has 1 aliphatic rings. The molecule has 1 saturated heterocycles. The van der Waals surface area contributed by atoms with Crippen molar-refractivity contribution in [2.45, 2.75) is 6.61 Å². The Hall–Kier alpha value is -4.09. The van der Waals surface area contributed by atoms with Crippen molar-refractivity contribution >= 4 is 34.1 Å². The number of likely N-dealkylation sites (N-methyl/N-ethyl adjacent to an activating group) is 1. The van der Waals surface area contributed by atoms with Crippen molar-refractivity contribution < 1.29 is 9.50 Å². The number of nitrogens with zero attached hydrogens (tertiary/aromatic N) is 7. The number of H-pyrrole nitrogens is 1. The van der Waals surface area contributed by atoms with E-state index in [0.717, 1.165) is 48.6 Å². The van der Waals surface area contributed by atoms with Crippen molar-refractivity contribution in [1.29, 1.82) is 0 Å². The molecule has 5 aromatic heterocycles. The van der Waals surface area contributed by atoms with Gasteiger partial charge >= 0.3 is 0 Å². The third-order valence-electron chi connectivity index (χ3n) is 6.37. The molecule has 35 heavy (non-hydrogen) atoms. The standard InChI is InChI=1S/C24H24FN9O/c1-32-4-6-33(7-5-32)21-3-2-16(9-26-21)30-24-29-12-19-18(11-27-22(19)31-24)15-8-20(25)23-28-10-17(14-35)34(23)13-15/h2-3,8-13,35H,4-7,14H2,1H3,(H2,27,29,30,31). The summed E-state index contributed by atoms with van der Waals surface area (Å²) in [5.41, 5.74) is 3.47. The van der Waals surface area contributed by atoms with Crippen LogP contribution >= 0.6 is 0 Å². The highest BCUT2D eigenvalue weighted by Gasteiger charge is 2.16. The normalized spacial score (nSPS) is 14.8. The van der Waals surface area contributed by atoms with Gasteiger partial charge < -0.3 is 25.2 Å². The lowest BCUT2D eigenvalue weighted by Gasteiger charge is -2.33. The van der Waals surface area contributed by atoms with Gasteiger partial charge in [0.25, 0.3) is 0 Å². The van der Waals surface area contributed by atoms with Gasteiger partial charge in [-0.25, -0.2) is 19.3 Å². The Kier molecular flexibility index (Phi) is 5.27. The molecule has 6 rings (SSSR count). The molecule has 11 heteroatoms. The van der Waals surface area contributed by atoms with Gasteiger partial charge in [-0.1, -0.05) is 0 Å². The quantitative estimate of drug-likeness (QED) is 0.358.